The van der Waals surface area contributed by atoms with Crippen molar-refractivity contribution in [1.29, 1.82) is 0 Å². The number of non-ortho nitro benzene ring substituents is 1. The molecule has 3 rings (SSSR count). The van der Waals surface area contributed by atoms with Crippen LogP contribution in [0, 0.1) is 10.1 Å². The molecule has 2 unspecified atom stereocenters. The van der Waals surface area contributed by atoms with Crippen LogP contribution in [0.3, 0.4) is 0 Å². The molecule has 26 heavy (non-hydrogen) atoms. The Morgan fingerprint density at radius 3 is 2.27 bits per heavy atom. The Morgan fingerprint density at radius 2 is 1.77 bits per heavy atom. The van der Waals surface area contributed by atoms with Crippen LogP contribution in [0.5, 0.6) is 0 Å². The summed E-state index contributed by atoms with van der Waals surface area (Å²) in [5, 5.41) is 11.1. The van der Waals surface area contributed by atoms with E-state index in [1.54, 1.807) is 6.92 Å². The van der Waals surface area contributed by atoms with Crippen LogP contribution < -0.4 is 0 Å². The summed E-state index contributed by atoms with van der Waals surface area (Å²) in [6.45, 7) is 1.68. The van der Waals surface area contributed by atoms with Crippen molar-refractivity contribution in [1.82, 2.24) is 0 Å². The van der Waals surface area contributed by atoms with Crippen molar-refractivity contribution in [3.8, 4) is 0 Å². The van der Waals surface area contributed by atoms with Crippen molar-refractivity contribution in [2.24, 2.45) is 0 Å². The van der Waals surface area contributed by atoms with Gasteiger partial charge in [-0.3, -0.25) is 10.1 Å². The van der Waals surface area contributed by atoms with E-state index in [0.717, 1.165) is 0 Å². The van der Waals surface area contributed by atoms with Crippen molar-refractivity contribution >= 4 is 29.2 Å². The first-order valence-electron chi connectivity index (χ1n) is 7.50. The van der Waals surface area contributed by atoms with Gasteiger partial charge in [0.05, 0.1) is 35.3 Å². The van der Waals surface area contributed by atoms with Gasteiger partial charge in [0.25, 0.3) is 5.69 Å². The Labute approximate surface area is 153 Å². The molecule has 9 heteroatoms. The first-order chi connectivity index (χ1) is 12.3. The minimum absolute atomic E-state index is 0.0135. The number of hydrogen-bond acceptors (Lipinski definition) is 7. The third kappa shape index (κ3) is 2.26. The standard InChI is InChI=1S/C17H14ClNO7/c1-8-13-11(15(20)24-2)12(16(21)25-3)17(26-13,14(8)18)9-4-6-10(7-5-9)19(22)23/h4-7,13H,1-3H3. The largest absolute Gasteiger partial charge is 0.466 e. The van der Waals surface area contributed by atoms with Crippen LogP contribution in [0.4, 0.5) is 5.69 Å². The van der Waals surface area contributed by atoms with Crippen molar-refractivity contribution in [2.75, 3.05) is 14.2 Å². The molecular weight excluding hydrogens is 366 g/mol. The summed E-state index contributed by atoms with van der Waals surface area (Å²) in [4.78, 5) is 35.1. The van der Waals surface area contributed by atoms with Gasteiger partial charge in [0, 0.05) is 12.1 Å². The highest BCUT2D eigenvalue weighted by atomic mass is 35.5. The lowest BCUT2D eigenvalue weighted by atomic mass is 9.79. The van der Waals surface area contributed by atoms with Gasteiger partial charge >= 0.3 is 11.9 Å². The fraction of sp³-hybridized carbons (Fsp3) is 0.294. The molecule has 136 valence electrons. The van der Waals surface area contributed by atoms with E-state index < -0.39 is 28.6 Å². The second-order valence-corrected chi connectivity index (χ2v) is 6.13. The monoisotopic (exact) mass is 379 g/mol. The van der Waals surface area contributed by atoms with Crippen molar-refractivity contribution in [3.05, 3.63) is 61.7 Å². The van der Waals surface area contributed by atoms with E-state index in [9.17, 15) is 19.7 Å². The number of nitro groups is 1. The molecule has 1 aromatic rings. The molecule has 0 spiro atoms. The Hall–Kier alpha value is -2.71. The molecule has 0 N–H and O–H groups in total. The summed E-state index contributed by atoms with van der Waals surface area (Å²) in [6, 6.07) is 5.40. The number of carbonyl (C=O) groups is 2. The molecule has 0 fully saturated rings. The number of carbonyl (C=O) groups excluding carboxylic acids is 2. The van der Waals surface area contributed by atoms with Gasteiger partial charge in [-0.15, -0.1) is 0 Å². The number of nitrogens with zero attached hydrogens (tertiary/aromatic N) is 1. The zero-order valence-corrected chi connectivity index (χ0v) is 14.8. The summed E-state index contributed by atoms with van der Waals surface area (Å²) >= 11 is 6.49. The first-order valence-corrected chi connectivity index (χ1v) is 7.88. The number of esters is 2. The number of fused-ring (bicyclic) bond motifs is 2. The number of benzene rings is 1. The van der Waals surface area contributed by atoms with E-state index in [1.807, 2.05) is 0 Å². The van der Waals surface area contributed by atoms with Crippen molar-refractivity contribution in [3.63, 3.8) is 0 Å². The molecular formula is C17H14ClNO7. The lowest BCUT2D eigenvalue weighted by Crippen LogP contribution is -2.33. The van der Waals surface area contributed by atoms with Gasteiger partial charge < -0.3 is 14.2 Å². The summed E-state index contributed by atoms with van der Waals surface area (Å²) in [5.74, 6) is -1.53. The molecule has 1 aromatic carbocycles. The summed E-state index contributed by atoms with van der Waals surface area (Å²) in [7, 11) is 2.36. The predicted octanol–water partition coefficient (Wildman–Crippen LogP) is 2.36. The highest BCUT2D eigenvalue weighted by molar-refractivity contribution is 6.33. The molecule has 0 saturated heterocycles. The van der Waals surface area contributed by atoms with Crippen LogP contribution in [0.25, 0.3) is 0 Å². The maximum absolute atomic E-state index is 12.5. The zero-order valence-electron chi connectivity index (χ0n) is 14.1. The molecule has 0 amide bonds. The second-order valence-electron chi connectivity index (χ2n) is 5.75. The quantitative estimate of drug-likeness (QED) is 0.449. The molecule has 8 nitrogen and oxygen atoms in total. The lowest BCUT2D eigenvalue weighted by Gasteiger charge is -2.28. The highest BCUT2D eigenvalue weighted by Gasteiger charge is 2.61. The predicted molar refractivity (Wildman–Crippen MR) is 89.3 cm³/mol. The summed E-state index contributed by atoms with van der Waals surface area (Å²) < 4.78 is 15.6. The van der Waals surface area contributed by atoms with Gasteiger partial charge in [-0.05, 0) is 30.2 Å². The average Bonchev–Trinajstić information content (AvgIpc) is 3.13. The zero-order chi connectivity index (χ0) is 19.2. The number of nitro benzene ring substituents is 1. The smallest absolute Gasteiger partial charge is 0.338 e. The van der Waals surface area contributed by atoms with Gasteiger partial charge in [0.1, 0.15) is 6.10 Å². The number of halogens is 1. The molecule has 2 heterocycles. The summed E-state index contributed by atoms with van der Waals surface area (Å²) in [6.07, 6.45) is -0.862. The highest BCUT2D eigenvalue weighted by Crippen LogP contribution is 2.58. The normalized spacial score (nSPS) is 24.1. The SMILES string of the molecule is COC(=O)C1=C(C(=O)OC)C2(c3ccc([N+](=O)[O-])cc3)OC1C(C)=C2Cl. The van der Waals surface area contributed by atoms with Gasteiger partial charge in [-0.2, -0.15) is 0 Å². The van der Waals surface area contributed by atoms with E-state index >= 15 is 0 Å². The van der Waals surface area contributed by atoms with E-state index in [-0.39, 0.29) is 21.9 Å². The van der Waals surface area contributed by atoms with E-state index in [2.05, 4.69) is 0 Å². The van der Waals surface area contributed by atoms with Crippen LogP contribution in [-0.2, 0) is 29.4 Å². The molecule has 2 bridgehead atoms. The topological polar surface area (TPSA) is 105 Å². The third-order valence-electron chi connectivity index (χ3n) is 4.51. The Kier molecular flexibility index (Phi) is 4.33. The van der Waals surface area contributed by atoms with Crippen LogP contribution >= 0.6 is 11.6 Å². The van der Waals surface area contributed by atoms with E-state index in [4.69, 9.17) is 25.8 Å². The van der Waals surface area contributed by atoms with Crippen LogP contribution in [-0.4, -0.2) is 37.2 Å². The molecule has 0 aliphatic carbocycles. The maximum atomic E-state index is 12.5. The number of ether oxygens (including phenoxy) is 3. The van der Waals surface area contributed by atoms with Crippen LogP contribution in [0.2, 0.25) is 0 Å². The molecule has 2 aliphatic heterocycles. The minimum atomic E-state index is -1.57. The molecule has 0 aromatic heterocycles. The molecule has 2 atom stereocenters. The Morgan fingerprint density at radius 1 is 1.19 bits per heavy atom. The van der Waals surface area contributed by atoms with Crippen molar-refractivity contribution < 1.29 is 28.7 Å². The Bertz CT molecular complexity index is 887. The van der Waals surface area contributed by atoms with Crippen LogP contribution in [0.15, 0.2) is 46.0 Å². The molecule has 0 saturated carbocycles. The van der Waals surface area contributed by atoms with Crippen molar-refractivity contribution in [2.45, 2.75) is 18.6 Å². The van der Waals surface area contributed by atoms with Gasteiger partial charge in [-0.25, -0.2) is 9.59 Å². The minimum Gasteiger partial charge on any atom is -0.466 e. The van der Waals surface area contributed by atoms with Gasteiger partial charge in [-0.1, -0.05) is 11.6 Å². The first kappa shape index (κ1) is 18.1. The van der Waals surface area contributed by atoms with E-state index in [1.165, 1.54) is 38.5 Å². The Balaban J connectivity index is 2.27. The second kappa shape index (κ2) is 6.22. The average molecular weight is 380 g/mol. The molecule has 2 aliphatic rings. The lowest BCUT2D eigenvalue weighted by molar-refractivity contribution is -0.384. The van der Waals surface area contributed by atoms with E-state index in [0.29, 0.717) is 11.1 Å². The van der Waals surface area contributed by atoms with Gasteiger partial charge in [0.15, 0.2) is 5.60 Å². The van der Waals surface area contributed by atoms with Crippen LogP contribution in [0.1, 0.15) is 12.5 Å². The maximum Gasteiger partial charge on any atom is 0.338 e. The fourth-order valence-electron chi connectivity index (χ4n) is 3.31. The fourth-order valence-corrected chi connectivity index (χ4v) is 3.65. The number of hydrogen-bond donors (Lipinski definition) is 0. The van der Waals surface area contributed by atoms with Gasteiger partial charge in [0.2, 0.25) is 0 Å². The number of methoxy groups -OCH3 is 2. The number of rotatable bonds is 4. The summed E-state index contributed by atoms with van der Waals surface area (Å²) in [5.41, 5.74) is -0.846. The molecule has 0 radical (unpaired) electrons. The third-order valence-corrected chi connectivity index (χ3v) is 5.07.